The molecule has 1 aromatic carbocycles. The van der Waals surface area contributed by atoms with Gasteiger partial charge < -0.3 is 14.8 Å². The van der Waals surface area contributed by atoms with Gasteiger partial charge in [-0.1, -0.05) is 13.0 Å². The Kier molecular flexibility index (Phi) is 4.18. The predicted molar refractivity (Wildman–Crippen MR) is 79.3 cm³/mol. The van der Waals surface area contributed by atoms with Gasteiger partial charge in [0.1, 0.15) is 0 Å². The van der Waals surface area contributed by atoms with Gasteiger partial charge >= 0.3 is 0 Å². The lowest BCUT2D eigenvalue weighted by atomic mass is 10.1. The van der Waals surface area contributed by atoms with Crippen molar-refractivity contribution in [2.45, 2.75) is 19.4 Å². The van der Waals surface area contributed by atoms with Crippen molar-refractivity contribution in [3.05, 3.63) is 23.8 Å². The molecular formula is C15H21NO2S. The maximum Gasteiger partial charge on any atom is 0.161 e. The van der Waals surface area contributed by atoms with Gasteiger partial charge in [0.25, 0.3) is 0 Å². The summed E-state index contributed by atoms with van der Waals surface area (Å²) in [6.07, 6.45) is 0.957. The summed E-state index contributed by atoms with van der Waals surface area (Å²) in [5.74, 6) is 4.91. The molecule has 0 saturated carbocycles. The zero-order valence-electron chi connectivity index (χ0n) is 11.4. The molecule has 2 unspecified atom stereocenters. The second-order valence-electron chi connectivity index (χ2n) is 5.36. The van der Waals surface area contributed by atoms with E-state index in [4.69, 9.17) is 9.47 Å². The van der Waals surface area contributed by atoms with E-state index in [1.807, 2.05) is 11.8 Å². The van der Waals surface area contributed by atoms with Crippen molar-refractivity contribution in [2.24, 2.45) is 5.92 Å². The Morgan fingerprint density at radius 3 is 2.89 bits per heavy atom. The maximum atomic E-state index is 5.77. The minimum absolute atomic E-state index is 0.423. The van der Waals surface area contributed by atoms with Crippen LogP contribution in [0.5, 0.6) is 11.5 Å². The average Bonchev–Trinajstić information content (AvgIpc) is 2.78. The molecule has 3 nitrogen and oxygen atoms in total. The number of ether oxygens (including phenoxy) is 2. The molecule has 104 valence electrons. The van der Waals surface area contributed by atoms with E-state index in [9.17, 15) is 0 Å². The molecular weight excluding hydrogens is 258 g/mol. The van der Waals surface area contributed by atoms with Gasteiger partial charge in [0.2, 0.25) is 0 Å². The highest BCUT2D eigenvalue weighted by Gasteiger charge is 2.19. The average molecular weight is 279 g/mol. The monoisotopic (exact) mass is 279 g/mol. The minimum Gasteiger partial charge on any atom is -0.490 e. The molecule has 0 spiro atoms. The minimum atomic E-state index is 0.423. The quantitative estimate of drug-likeness (QED) is 0.856. The van der Waals surface area contributed by atoms with Crippen LogP contribution in [0.4, 0.5) is 0 Å². The van der Waals surface area contributed by atoms with Crippen LogP contribution in [0.15, 0.2) is 18.2 Å². The molecule has 0 aliphatic carbocycles. The van der Waals surface area contributed by atoms with Crippen molar-refractivity contribution in [3.8, 4) is 11.5 Å². The Hall–Kier alpha value is -0.870. The molecule has 0 radical (unpaired) electrons. The molecule has 2 heterocycles. The van der Waals surface area contributed by atoms with E-state index in [0.717, 1.165) is 49.3 Å². The van der Waals surface area contributed by atoms with Crippen molar-refractivity contribution in [1.82, 2.24) is 5.32 Å². The lowest BCUT2D eigenvalue weighted by Gasteiger charge is -2.18. The van der Waals surface area contributed by atoms with Gasteiger partial charge in [-0.25, -0.2) is 0 Å². The van der Waals surface area contributed by atoms with Crippen LogP contribution < -0.4 is 14.8 Å². The third kappa shape index (κ3) is 3.18. The smallest absolute Gasteiger partial charge is 0.161 e. The fourth-order valence-electron chi connectivity index (χ4n) is 2.46. The van der Waals surface area contributed by atoms with Crippen LogP contribution in [0.2, 0.25) is 0 Å². The summed E-state index contributed by atoms with van der Waals surface area (Å²) in [6, 6.07) is 6.79. The van der Waals surface area contributed by atoms with E-state index >= 15 is 0 Å². The van der Waals surface area contributed by atoms with E-state index in [2.05, 4.69) is 30.4 Å². The van der Waals surface area contributed by atoms with E-state index in [1.165, 1.54) is 11.3 Å². The number of thioether (sulfide) groups is 1. The van der Waals surface area contributed by atoms with Gasteiger partial charge in [0.15, 0.2) is 11.5 Å². The first-order valence-electron chi connectivity index (χ1n) is 7.03. The number of hydrogen-bond donors (Lipinski definition) is 1. The summed E-state index contributed by atoms with van der Waals surface area (Å²) >= 11 is 2.03. The first-order chi connectivity index (χ1) is 9.33. The lowest BCUT2D eigenvalue weighted by Crippen LogP contribution is -2.25. The van der Waals surface area contributed by atoms with Crippen molar-refractivity contribution in [1.29, 1.82) is 0 Å². The van der Waals surface area contributed by atoms with Crippen LogP contribution in [0.1, 0.15) is 24.9 Å². The zero-order chi connectivity index (χ0) is 13.1. The Morgan fingerprint density at radius 2 is 2.00 bits per heavy atom. The molecule has 1 fully saturated rings. The van der Waals surface area contributed by atoms with Gasteiger partial charge in [-0.05, 0) is 35.9 Å². The second kappa shape index (κ2) is 6.06. The second-order valence-corrected chi connectivity index (χ2v) is 6.44. The van der Waals surface area contributed by atoms with Gasteiger partial charge in [0.05, 0.1) is 13.2 Å². The number of nitrogens with one attached hydrogen (secondary N) is 1. The third-order valence-corrected chi connectivity index (χ3v) is 4.95. The summed E-state index contributed by atoms with van der Waals surface area (Å²) < 4.78 is 11.5. The summed E-state index contributed by atoms with van der Waals surface area (Å²) in [5, 5.41) is 3.65. The van der Waals surface area contributed by atoms with Gasteiger partial charge in [-0.2, -0.15) is 11.8 Å². The molecule has 4 heteroatoms. The Morgan fingerprint density at radius 1 is 1.16 bits per heavy atom. The standard InChI is InChI=1S/C15H21NO2S/c1-11-8-16-13(10-19-9-11)12-3-4-14-15(7-12)18-6-2-5-17-14/h3-4,7,11,13,16H,2,5-6,8-10H2,1H3. The Balaban J connectivity index is 1.79. The normalized spacial score (nSPS) is 27.4. The van der Waals surface area contributed by atoms with Crippen molar-refractivity contribution >= 4 is 11.8 Å². The number of fused-ring (bicyclic) bond motifs is 1. The highest BCUT2D eigenvalue weighted by molar-refractivity contribution is 7.99. The topological polar surface area (TPSA) is 30.5 Å². The molecule has 0 aromatic heterocycles. The van der Waals surface area contributed by atoms with Gasteiger partial charge in [-0.15, -0.1) is 0 Å². The van der Waals surface area contributed by atoms with Crippen molar-refractivity contribution in [3.63, 3.8) is 0 Å². The fraction of sp³-hybridized carbons (Fsp3) is 0.600. The molecule has 0 amide bonds. The lowest BCUT2D eigenvalue weighted by molar-refractivity contribution is 0.297. The summed E-state index contributed by atoms with van der Waals surface area (Å²) in [6.45, 7) is 4.89. The highest BCUT2D eigenvalue weighted by Crippen LogP contribution is 2.33. The molecule has 1 aromatic rings. The van der Waals surface area contributed by atoms with Gasteiger partial charge in [0, 0.05) is 18.2 Å². The fourth-order valence-corrected chi connectivity index (χ4v) is 3.66. The Labute approximate surface area is 119 Å². The predicted octanol–water partition coefficient (Wildman–Crippen LogP) is 2.86. The van der Waals surface area contributed by atoms with Crippen LogP contribution in [0.3, 0.4) is 0 Å². The van der Waals surface area contributed by atoms with Crippen LogP contribution >= 0.6 is 11.8 Å². The largest absolute Gasteiger partial charge is 0.490 e. The van der Waals surface area contributed by atoms with Crippen LogP contribution in [0, 0.1) is 5.92 Å². The van der Waals surface area contributed by atoms with Crippen molar-refractivity contribution in [2.75, 3.05) is 31.3 Å². The molecule has 3 rings (SSSR count). The SMILES string of the molecule is CC1CNC(c2ccc3c(c2)OCCCO3)CSC1. The van der Waals surface area contributed by atoms with Crippen LogP contribution in [0.25, 0.3) is 0 Å². The van der Waals surface area contributed by atoms with E-state index in [-0.39, 0.29) is 0 Å². The molecule has 2 aliphatic rings. The Bertz CT molecular complexity index is 438. The molecule has 19 heavy (non-hydrogen) atoms. The van der Waals surface area contributed by atoms with Gasteiger partial charge in [-0.3, -0.25) is 0 Å². The number of benzene rings is 1. The third-order valence-electron chi connectivity index (χ3n) is 3.57. The van der Waals surface area contributed by atoms with E-state index in [1.54, 1.807) is 0 Å². The molecule has 1 N–H and O–H groups in total. The first-order valence-corrected chi connectivity index (χ1v) is 8.19. The van der Waals surface area contributed by atoms with Crippen LogP contribution in [-0.4, -0.2) is 31.3 Å². The van der Waals surface area contributed by atoms with E-state index in [0.29, 0.717) is 6.04 Å². The maximum absolute atomic E-state index is 5.77. The molecule has 2 atom stereocenters. The highest BCUT2D eigenvalue weighted by atomic mass is 32.2. The molecule has 2 aliphatic heterocycles. The molecule has 1 saturated heterocycles. The van der Waals surface area contributed by atoms with Crippen molar-refractivity contribution < 1.29 is 9.47 Å². The van der Waals surface area contributed by atoms with Crippen LogP contribution in [-0.2, 0) is 0 Å². The summed E-state index contributed by atoms with van der Waals surface area (Å²) in [4.78, 5) is 0. The zero-order valence-corrected chi connectivity index (χ0v) is 12.2. The van der Waals surface area contributed by atoms with E-state index < -0.39 is 0 Å². The first kappa shape index (κ1) is 13.1. The summed E-state index contributed by atoms with van der Waals surface area (Å²) in [7, 11) is 0. The summed E-state index contributed by atoms with van der Waals surface area (Å²) in [5.41, 5.74) is 1.31. The number of hydrogen-bond acceptors (Lipinski definition) is 4. The molecule has 0 bridgehead atoms. The number of rotatable bonds is 1.